The van der Waals surface area contributed by atoms with Crippen LogP contribution in [0.4, 0.5) is 10.5 Å². The lowest BCUT2D eigenvalue weighted by Crippen LogP contribution is -2.27. The molecule has 0 saturated carbocycles. The van der Waals surface area contributed by atoms with Gasteiger partial charge in [0.25, 0.3) is 0 Å². The highest BCUT2D eigenvalue weighted by atomic mass is 16.6. The molecule has 1 rings (SSSR count). The first-order valence-electron chi connectivity index (χ1n) is 8.22. The first-order valence-corrected chi connectivity index (χ1v) is 8.22. The van der Waals surface area contributed by atoms with Crippen molar-refractivity contribution in [1.82, 2.24) is 5.32 Å². The highest BCUT2D eigenvalue weighted by Crippen LogP contribution is 2.18. The van der Waals surface area contributed by atoms with Gasteiger partial charge in [0.15, 0.2) is 0 Å². The molecule has 5 nitrogen and oxygen atoms in total. The number of carbonyl (C=O) groups excluding carboxylic acids is 2. The number of nitrogens with one attached hydrogen (secondary N) is 2. The van der Waals surface area contributed by atoms with E-state index in [9.17, 15) is 9.59 Å². The van der Waals surface area contributed by atoms with Crippen LogP contribution < -0.4 is 10.6 Å². The van der Waals surface area contributed by atoms with E-state index in [0.29, 0.717) is 18.2 Å². The quantitative estimate of drug-likeness (QED) is 0.767. The SMILES string of the molecule is CC(C)CCNC(=O)/C=C/c1ccccc1NC(=O)OC(C)(C)C. The van der Waals surface area contributed by atoms with E-state index in [0.717, 1.165) is 12.0 Å². The van der Waals surface area contributed by atoms with Gasteiger partial charge in [-0.2, -0.15) is 0 Å². The maximum atomic E-state index is 11.9. The van der Waals surface area contributed by atoms with Gasteiger partial charge in [0.2, 0.25) is 5.91 Å². The van der Waals surface area contributed by atoms with E-state index in [1.165, 1.54) is 6.08 Å². The Morgan fingerprint density at radius 3 is 2.50 bits per heavy atom. The lowest BCUT2D eigenvalue weighted by molar-refractivity contribution is -0.116. The lowest BCUT2D eigenvalue weighted by Gasteiger charge is -2.20. The summed E-state index contributed by atoms with van der Waals surface area (Å²) in [5, 5.41) is 5.54. The minimum atomic E-state index is -0.564. The van der Waals surface area contributed by atoms with E-state index in [4.69, 9.17) is 4.74 Å². The van der Waals surface area contributed by atoms with Crippen LogP contribution >= 0.6 is 0 Å². The Hall–Kier alpha value is -2.30. The lowest BCUT2D eigenvalue weighted by atomic mass is 10.1. The van der Waals surface area contributed by atoms with Crippen molar-refractivity contribution in [1.29, 1.82) is 0 Å². The van der Waals surface area contributed by atoms with Crippen molar-refractivity contribution in [3.05, 3.63) is 35.9 Å². The Labute approximate surface area is 144 Å². The Bertz CT molecular complexity index is 587. The highest BCUT2D eigenvalue weighted by molar-refractivity contribution is 5.94. The van der Waals surface area contributed by atoms with E-state index in [2.05, 4.69) is 24.5 Å². The summed E-state index contributed by atoms with van der Waals surface area (Å²) in [5.41, 5.74) is 0.769. The van der Waals surface area contributed by atoms with Crippen LogP contribution in [0, 0.1) is 5.92 Å². The second-order valence-corrected chi connectivity index (χ2v) is 7.02. The van der Waals surface area contributed by atoms with Crippen LogP contribution in [-0.4, -0.2) is 24.1 Å². The third kappa shape index (κ3) is 8.36. The van der Waals surface area contributed by atoms with Gasteiger partial charge in [0.05, 0.1) is 5.69 Å². The zero-order chi connectivity index (χ0) is 18.2. The standard InChI is InChI=1S/C19H28N2O3/c1-14(2)12-13-20-17(22)11-10-15-8-6-7-9-16(15)21-18(23)24-19(3,4)5/h6-11,14H,12-13H2,1-5H3,(H,20,22)(H,21,23)/b11-10+. The van der Waals surface area contributed by atoms with Gasteiger partial charge >= 0.3 is 6.09 Å². The minimum absolute atomic E-state index is 0.150. The summed E-state index contributed by atoms with van der Waals surface area (Å²) in [6.45, 7) is 10.3. The number of carbonyl (C=O) groups is 2. The monoisotopic (exact) mass is 332 g/mol. The van der Waals surface area contributed by atoms with Crippen LogP contribution in [-0.2, 0) is 9.53 Å². The van der Waals surface area contributed by atoms with Crippen LogP contribution in [0.3, 0.4) is 0 Å². The molecule has 0 heterocycles. The molecular formula is C19H28N2O3. The number of hydrogen-bond donors (Lipinski definition) is 2. The minimum Gasteiger partial charge on any atom is -0.444 e. The Balaban J connectivity index is 2.67. The number of anilines is 1. The number of rotatable bonds is 6. The van der Waals surface area contributed by atoms with Crippen molar-refractivity contribution in [3.63, 3.8) is 0 Å². The molecule has 5 heteroatoms. The summed E-state index contributed by atoms with van der Waals surface area (Å²) >= 11 is 0. The third-order valence-corrected chi connectivity index (χ3v) is 3.03. The molecule has 1 aromatic carbocycles. The van der Waals surface area contributed by atoms with Crippen LogP contribution in [0.1, 0.15) is 46.6 Å². The topological polar surface area (TPSA) is 67.4 Å². The van der Waals surface area contributed by atoms with Gasteiger partial charge < -0.3 is 10.1 Å². The third-order valence-electron chi connectivity index (χ3n) is 3.03. The molecule has 132 valence electrons. The average Bonchev–Trinajstić information content (AvgIpc) is 2.44. The van der Waals surface area contributed by atoms with E-state index >= 15 is 0 Å². The first kappa shape index (κ1) is 19.7. The molecule has 0 radical (unpaired) electrons. The van der Waals surface area contributed by atoms with Crippen molar-refractivity contribution in [2.45, 2.75) is 46.6 Å². The van der Waals surface area contributed by atoms with Crippen molar-refractivity contribution in [2.24, 2.45) is 5.92 Å². The smallest absolute Gasteiger partial charge is 0.412 e. The summed E-state index contributed by atoms with van der Waals surface area (Å²) in [6.07, 6.45) is 3.56. The Kier molecular flexibility index (Phi) is 7.49. The summed E-state index contributed by atoms with van der Waals surface area (Å²) in [7, 11) is 0. The van der Waals surface area contributed by atoms with Gasteiger partial charge in [-0.3, -0.25) is 10.1 Å². The molecular weight excluding hydrogens is 304 g/mol. The molecule has 1 aromatic rings. The van der Waals surface area contributed by atoms with Crippen LogP contribution in [0.15, 0.2) is 30.3 Å². The molecule has 0 atom stereocenters. The van der Waals surface area contributed by atoms with E-state index < -0.39 is 11.7 Å². The maximum absolute atomic E-state index is 11.9. The zero-order valence-electron chi connectivity index (χ0n) is 15.2. The van der Waals surface area contributed by atoms with Gasteiger partial charge in [-0.15, -0.1) is 0 Å². The van der Waals surface area contributed by atoms with Crippen molar-refractivity contribution >= 4 is 23.8 Å². The van der Waals surface area contributed by atoms with Gasteiger partial charge in [-0.05, 0) is 50.8 Å². The van der Waals surface area contributed by atoms with E-state index in [1.54, 1.807) is 32.9 Å². The number of amides is 2. The van der Waals surface area contributed by atoms with Gasteiger partial charge in [0.1, 0.15) is 5.60 Å². The maximum Gasteiger partial charge on any atom is 0.412 e. The van der Waals surface area contributed by atoms with Crippen LogP contribution in [0.2, 0.25) is 0 Å². The molecule has 0 aliphatic rings. The Morgan fingerprint density at radius 1 is 1.21 bits per heavy atom. The van der Waals surface area contributed by atoms with Crippen LogP contribution in [0.25, 0.3) is 6.08 Å². The number of benzene rings is 1. The molecule has 0 fully saturated rings. The predicted octanol–water partition coefficient (Wildman–Crippen LogP) is 4.21. The molecule has 0 aromatic heterocycles. The van der Waals surface area contributed by atoms with Gasteiger partial charge in [0, 0.05) is 12.6 Å². The fraction of sp³-hybridized carbons (Fsp3) is 0.474. The van der Waals surface area contributed by atoms with Crippen molar-refractivity contribution < 1.29 is 14.3 Å². The number of ether oxygens (including phenoxy) is 1. The molecule has 0 bridgehead atoms. The molecule has 2 N–H and O–H groups in total. The normalized spacial score (nSPS) is 11.6. The second kappa shape index (κ2) is 9.11. The number of para-hydroxylation sites is 1. The van der Waals surface area contributed by atoms with E-state index in [1.807, 2.05) is 18.2 Å². The van der Waals surface area contributed by atoms with Crippen molar-refractivity contribution in [2.75, 3.05) is 11.9 Å². The molecule has 0 aliphatic carbocycles. The molecule has 0 saturated heterocycles. The second-order valence-electron chi connectivity index (χ2n) is 7.02. The van der Waals surface area contributed by atoms with Gasteiger partial charge in [-0.1, -0.05) is 32.0 Å². The Morgan fingerprint density at radius 2 is 1.88 bits per heavy atom. The molecule has 2 amide bonds. The predicted molar refractivity (Wildman–Crippen MR) is 97.8 cm³/mol. The average molecular weight is 332 g/mol. The molecule has 0 unspecified atom stereocenters. The fourth-order valence-corrected chi connectivity index (χ4v) is 1.88. The number of hydrogen-bond acceptors (Lipinski definition) is 3. The van der Waals surface area contributed by atoms with Crippen molar-refractivity contribution in [3.8, 4) is 0 Å². The van der Waals surface area contributed by atoms with Crippen LogP contribution in [0.5, 0.6) is 0 Å². The van der Waals surface area contributed by atoms with Gasteiger partial charge in [-0.25, -0.2) is 4.79 Å². The molecule has 0 aliphatic heterocycles. The molecule has 24 heavy (non-hydrogen) atoms. The zero-order valence-corrected chi connectivity index (χ0v) is 15.2. The summed E-state index contributed by atoms with van der Waals surface area (Å²) in [5.74, 6) is 0.399. The largest absolute Gasteiger partial charge is 0.444 e. The summed E-state index contributed by atoms with van der Waals surface area (Å²) < 4.78 is 5.24. The first-order chi connectivity index (χ1) is 11.2. The summed E-state index contributed by atoms with van der Waals surface area (Å²) in [6, 6.07) is 7.24. The fourth-order valence-electron chi connectivity index (χ4n) is 1.88. The van der Waals surface area contributed by atoms with E-state index in [-0.39, 0.29) is 5.91 Å². The summed E-state index contributed by atoms with van der Waals surface area (Å²) in [4.78, 5) is 23.7. The highest BCUT2D eigenvalue weighted by Gasteiger charge is 2.16. The molecule has 0 spiro atoms.